The number of furan rings is 1. The van der Waals surface area contributed by atoms with Crippen LogP contribution >= 0.6 is 34.5 Å². The maximum absolute atomic E-state index is 10.6. The molecule has 0 spiro atoms. The molecule has 0 unspecified atom stereocenters. The van der Waals surface area contributed by atoms with Crippen molar-refractivity contribution in [1.29, 1.82) is 0 Å². The van der Waals surface area contributed by atoms with Gasteiger partial charge in [-0.2, -0.15) is 5.10 Å². The van der Waals surface area contributed by atoms with Crippen molar-refractivity contribution in [2.75, 3.05) is 0 Å². The molecule has 3 aromatic rings. The first-order chi connectivity index (χ1) is 11.9. The molecule has 0 saturated carbocycles. The quantitative estimate of drug-likeness (QED) is 0.361. The number of aromatic nitrogens is 1. The lowest BCUT2D eigenvalue weighted by molar-refractivity contribution is -0.402. The molecule has 0 saturated heterocycles. The van der Waals surface area contributed by atoms with Crippen molar-refractivity contribution in [3.05, 3.63) is 72.1 Å². The number of benzene rings is 1. The molecule has 7 nitrogen and oxygen atoms in total. The molecule has 0 aliphatic heterocycles. The SMILES string of the molecule is Cc1csc(=Nc2ccc(Cl)c(Cl)c2)n1N=Cc1ccc([N+](=O)[O-])o1. The van der Waals surface area contributed by atoms with E-state index >= 15 is 0 Å². The highest BCUT2D eigenvalue weighted by atomic mass is 35.5. The highest BCUT2D eigenvalue weighted by Crippen LogP contribution is 2.26. The van der Waals surface area contributed by atoms with E-state index in [1.165, 1.54) is 29.7 Å². The minimum Gasteiger partial charge on any atom is -0.400 e. The van der Waals surface area contributed by atoms with Crippen molar-refractivity contribution in [3.63, 3.8) is 0 Å². The average Bonchev–Trinajstić information content (AvgIpc) is 3.17. The van der Waals surface area contributed by atoms with Gasteiger partial charge in [-0.15, -0.1) is 11.3 Å². The largest absolute Gasteiger partial charge is 0.433 e. The van der Waals surface area contributed by atoms with E-state index in [0.717, 1.165) is 5.69 Å². The molecule has 0 N–H and O–H groups in total. The number of halogens is 2. The van der Waals surface area contributed by atoms with E-state index in [2.05, 4.69) is 10.1 Å². The van der Waals surface area contributed by atoms with Crippen LogP contribution in [0, 0.1) is 17.0 Å². The van der Waals surface area contributed by atoms with Crippen molar-refractivity contribution >= 4 is 52.3 Å². The summed E-state index contributed by atoms with van der Waals surface area (Å²) >= 11 is 13.3. The highest BCUT2D eigenvalue weighted by Gasteiger charge is 2.10. The van der Waals surface area contributed by atoms with Crippen LogP contribution in [0.3, 0.4) is 0 Å². The van der Waals surface area contributed by atoms with Crippen molar-refractivity contribution in [3.8, 4) is 0 Å². The molecule has 0 bridgehead atoms. The van der Waals surface area contributed by atoms with Crippen LogP contribution in [-0.4, -0.2) is 15.8 Å². The molecule has 0 aliphatic carbocycles. The Kier molecular flexibility index (Phi) is 5.03. The van der Waals surface area contributed by atoms with Crippen LogP contribution in [0.5, 0.6) is 0 Å². The summed E-state index contributed by atoms with van der Waals surface area (Å²) in [4.78, 5) is 15.1. The summed E-state index contributed by atoms with van der Waals surface area (Å²) in [5, 5.41) is 17.7. The lowest BCUT2D eigenvalue weighted by atomic mass is 10.3. The third kappa shape index (κ3) is 3.98. The van der Waals surface area contributed by atoms with Gasteiger partial charge in [-0.3, -0.25) is 10.1 Å². The Morgan fingerprint density at radius 3 is 2.76 bits per heavy atom. The number of aryl methyl sites for hydroxylation is 1. The summed E-state index contributed by atoms with van der Waals surface area (Å²) < 4.78 is 6.65. The Labute approximate surface area is 155 Å². The molecule has 0 atom stereocenters. The predicted octanol–water partition coefficient (Wildman–Crippen LogP) is 4.78. The van der Waals surface area contributed by atoms with E-state index in [9.17, 15) is 10.1 Å². The number of hydrogen-bond donors (Lipinski definition) is 0. The van der Waals surface area contributed by atoms with E-state index in [1.807, 2.05) is 12.3 Å². The molecule has 3 rings (SSSR count). The summed E-state index contributed by atoms with van der Waals surface area (Å²) in [7, 11) is 0. The van der Waals surface area contributed by atoms with Gasteiger partial charge in [0.05, 0.1) is 33.7 Å². The number of thiazole rings is 1. The molecule has 128 valence electrons. The average molecular weight is 397 g/mol. The van der Waals surface area contributed by atoms with Gasteiger partial charge >= 0.3 is 5.88 Å². The fourth-order valence-electron chi connectivity index (χ4n) is 1.89. The fourth-order valence-corrected chi connectivity index (χ4v) is 3.01. The molecule has 0 amide bonds. The normalized spacial score (nSPS) is 12.2. The van der Waals surface area contributed by atoms with Gasteiger partial charge in [0.2, 0.25) is 4.80 Å². The summed E-state index contributed by atoms with van der Waals surface area (Å²) in [6.45, 7) is 1.87. The van der Waals surface area contributed by atoms with E-state index in [4.69, 9.17) is 27.6 Å². The third-order valence-electron chi connectivity index (χ3n) is 3.07. The van der Waals surface area contributed by atoms with Gasteiger partial charge in [-0.1, -0.05) is 23.2 Å². The number of rotatable bonds is 4. The van der Waals surface area contributed by atoms with Crippen LogP contribution in [0.1, 0.15) is 11.5 Å². The van der Waals surface area contributed by atoms with Gasteiger partial charge < -0.3 is 4.42 Å². The van der Waals surface area contributed by atoms with Gasteiger partial charge in [-0.25, -0.2) is 9.67 Å². The van der Waals surface area contributed by atoms with Gasteiger partial charge in [0, 0.05) is 5.38 Å². The van der Waals surface area contributed by atoms with Crippen molar-refractivity contribution in [1.82, 2.24) is 4.68 Å². The fraction of sp³-hybridized carbons (Fsp3) is 0.0667. The summed E-state index contributed by atoms with van der Waals surface area (Å²) in [6, 6.07) is 7.81. The molecule has 0 fully saturated rings. The van der Waals surface area contributed by atoms with Gasteiger partial charge in [0.1, 0.15) is 4.92 Å². The Bertz CT molecular complexity index is 1040. The van der Waals surface area contributed by atoms with Crippen LogP contribution in [0.2, 0.25) is 10.0 Å². The summed E-state index contributed by atoms with van der Waals surface area (Å²) in [5.74, 6) is -0.0699. The van der Waals surface area contributed by atoms with E-state index in [-0.39, 0.29) is 11.6 Å². The molecule has 2 heterocycles. The van der Waals surface area contributed by atoms with Gasteiger partial charge in [0.15, 0.2) is 5.76 Å². The second kappa shape index (κ2) is 7.22. The minimum atomic E-state index is -0.606. The van der Waals surface area contributed by atoms with Crippen LogP contribution in [0.4, 0.5) is 11.6 Å². The molecule has 2 aromatic heterocycles. The van der Waals surface area contributed by atoms with Gasteiger partial charge in [0.25, 0.3) is 0 Å². The molecule has 25 heavy (non-hydrogen) atoms. The zero-order valence-corrected chi connectivity index (χ0v) is 15.0. The monoisotopic (exact) mass is 396 g/mol. The van der Waals surface area contributed by atoms with Crippen LogP contribution < -0.4 is 4.80 Å². The Balaban J connectivity index is 1.95. The Morgan fingerprint density at radius 2 is 2.08 bits per heavy atom. The second-order valence-electron chi connectivity index (χ2n) is 4.86. The molecule has 1 aromatic carbocycles. The van der Waals surface area contributed by atoms with Crippen LogP contribution in [0.25, 0.3) is 0 Å². The molecular weight excluding hydrogens is 387 g/mol. The zero-order valence-electron chi connectivity index (χ0n) is 12.7. The smallest absolute Gasteiger partial charge is 0.400 e. The van der Waals surface area contributed by atoms with Crippen LogP contribution in [-0.2, 0) is 0 Å². The maximum Gasteiger partial charge on any atom is 0.433 e. The van der Waals surface area contributed by atoms with Gasteiger partial charge in [-0.05, 0) is 31.2 Å². The van der Waals surface area contributed by atoms with Crippen molar-refractivity contribution < 1.29 is 9.34 Å². The first kappa shape index (κ1) is 17.4. The molecule has 0 aliphatic rings. The number of nitro groups is 1. The Hall–Kier alpha value is -2.42. The zero-order chi connectivity index (χ0) is 18.0. The first-order valence-electron chi connectivity index (χ1n) is 6.89. The number of nitrogens with zero attached hydrogens (tertiary/aromatic N) is 4. The van der Waals surface area contributed by atoms with E-state index in [1.54, 1.807) is 22.9 Å². The Morgan fingerprint density at radius 1 is 1.28 bits per heavy atom. The minimum absolute atomic E-state index is 0.269. The lowest BCUT2D eigenvalue weighted by Gasteiger charge is -1.99. The standard InChI is InChI=1S/C15H10Cl2N4O3S/c1-9-8-25-15(19-10-2-4-12(16)13(17)6-10)20(9)18-7-11-3-5-14(24-11)21(22)23/h2-8H,1H3. The third-order valence-corrected chi connectivity index (χ3v) is 4.74. The molecular formula is C15H10Cl2N4O3S. The number of hydrogen-bond acceptors (Lipinski definition) is 6. The topological polar surface area (TPSA) is 85.9 Å². The van der Waals surface area contributed by atoms with Crippen LogP contribution in [0.15, 0.2) is 50.2 Å². The highest BCUT2D eigenvalue weighted by molar-refractivity contribution is 7.07. The maximum atomic E-state index is 10.6. The van der Waals surface area contributed by atoms with E-state index in [0.29, 0.717) is 20.5 Å². The predicted molar refractivity (Wildman–Crippen MR) is 97.1 cm³/mol. The molecule has 10 heteroatoms. The summed E-state index contributed by atoms with van der Waals surface area (Å²) in [5.41, 5.74) is 1.48. The molecule has 0 radical (unpaired) electrons. The first-order valence-corrected chi connectivity index (χ1v) is 8.53. The lowest BCUT2D eigenvalue weighted by Crippen LogP contribution is -2.11. The van der Waals surface area contributed by atoms with E-state index < -0.39 is 4.92 Å². The second-order valence-corrected chi connectivity index (χ2v) is 6.51. The van der Waals surface area contributed by atoms with Crippen molar-refractivity contribution in [2.45, 2.75) is 6.92 Å². The summed E-state index contributed by atoms with van der Waals surface area (Å²) in [6.07, 6.45) is 1.39. The van der Waals surface area contributed by atoms with Crippen molar-refractivity contribution in [2.24, 2.45) is 10.1 Å².